The fourth-order valence-electron chi connectivity index (χ4n) is 2.10. The van der Waals surface area contributed by atoms with Gasteiger partial charge in [0.05, 0.1) is 11.1 Å². The third-order valence-corrected chi connectivity index (χ3v) is 3.35. The van der Waals surface area contributed by atoms with E-state index in [-0.39, 0.29) is 10.8 Å². The van der Waals surface area contributed by atoms with Crippen LogP contribution in [0.2, 0.25) is 5.02 Å². The summed E-state index contributed by atoms with van der Waals surface area (Å²) in [6.07, 6.45) is 2.37. The molecule has 1 fully saturated rings. The standard InChI is InChI=1S/C13H17ClFNO/c1-9-6-11(4-5-17-9)16-8-10-2-3-13(15)12(14)7-10/h2-3,7,9,11,16H,4-6,8H2,1H3. The summed E-state index contributed by atoms with van der Waals surface area (Å²) in [5, 5.41) is 3.64. The molecule has 0 aromatic heterocycles. The molecule has 0 saturated carbocycles. The SMILES string of the molecule is CC1CC(NCc2ccc(F)c(Cl)c2)CCO1. The van der Waals surface area contributed by atoms with Crippen LogP contribution in [-0.4, -0.2) is 18.8 Å². The van der Waals surface area contributed by atoms with Gasteiger partial charge in [-0.1, -0.05) is 17.7 Å². The predicted molar refractivity (Wildman–Crippen MR) is 66.7 cm³/mol. The zero-order valence-corrected chi connectivity index (χ0v) is 10.6. The smallest absolute Gasteiger partial charge is 0.141 e. The highest BCUT2D eigenvalue weighted by molar-refractivity contribution is 6.30. The summed E-state index contributed by atoms with van der Waals surface area (Å²) in [7, 11) is 0. The van der Waals surface area contributed by atoms with Gasteiger partial charge in [-0.2, -0.15) is 0 Å². The highest BCUT2D eigenvalue weighted by Crippen LogP contribution is 2.17. The normalized spacial score (nSPS) is 24.9. The van der Waals surface area contributed by atoms with Crippen molar-refractivity contribution in [2.24, 2.45) is 0 Å². The maximum atomic E-state index is 13.0. The summed E-state index contributed by atoms with van der Waals surface area (Å²) < 4.78 is 18.5. The molecule has 0 amide bonds. The second-order valence-corrected chi connectivity index (χ2v) is 4.94. The molecule has 1 saturated heterocycles. The monoisotopic (exact) mass is 257 g/mol. The Hall–Kier alpha value is -0.640. The number of ether oxygens (including phenoxy) is 1. The van der Waals surface area contributed by atoms with Gasteiger partial charge >= 0.3 is 0 Å². The van der Waals surface area contributed by atoms with Gasteiger partial charge in [0.2, 0.25) is 0 Å². The van der Waals surface area contributed by atoms with E-state index in [0.29, 0.717) is 12.1 Å². The van der Waals surface area contributed by atoms with E-state index in [1.807, 2.05) is 0 Å². The molecular formula is C13H17ClFNO. The Balaban J connectivity index is 1.86. The Kier molecular flexibility index (Phi) is 4.37. The lowest BCUT2D eigenvalue weighted by atomic mass is 10.0. The highest BCUT2D eigenvalue weighted by atomic mass is 35.5. The number of benzene rings is 1. The number of nitrogens with one attached hydrogen (secondary N) is 1. The second-order valence-electron chi connectivity index (χ2n) is 4.53. The molecule has 0 spiro atoms. The second kappa shape index (κ2) is 5.80. The molecular weight excluding hydrogens is 241 g/mol. The lowest BCUT2D eigenvalue weighted by Crippen LogP contribution is -2.37. The number of halogens is 2. The van der Waals surface area contributed by atoms with Gasteiger partial charge in [0.15, 0.2) is 0 Å². The number of hydrogen-bond donors (Lipinski definition) is 1. The molecule has 1 N–H and O–H groups in total. The van der Waals surface area contributed by atoms with E-state index in [0.717, 1.165) is 31.6 Å². The van der Waals surface area contributed by atoms with Crippen LogP contribution in [0.5, 0.6) is 0 Å². The van der Waals surface area contributed by atoms with Crippen LogP contribution in [-0.2, 0) is 11.3 Å². The molecule has 0 radical (unpaired) electrons. The highest BCUT2D eigenvalue weighted by Gasteiger charge is 2.18. The van der Waals surface area contributed by atoms with Crippen molar-refractivity contribution >= 4 is 11.6 Å². The number of rotatable bonds is 3. The van der Waals surface area contributed by atoms with Gasteiger partial charge < -0.3 is 10.1 Å². The summed E-state index contributed by atoms with van der Waals surface area (Å²) >= 11 is 5.74. The van der Waals surface area contributed by atoms with Gasteiger partial charge in [0, 0.05) is 19.2 Å². The zero-order chi connectivity index (χ0) is 12.3. The van der Waals surface area contributed by atoms with Crippen LogP contribution in [0.25, 0.3) is 0 Å². The lowest BCUT2D eigenvalue weighted by Gasteiger charge is -2.28. The fraction of sp³-hybridized carbons (Fsp3) is 0.538. The maximum absolute atomic E-state index is 13.0. The van der Waals surface area contributed by atoms with Crippen molar-refractivity contribution in [2.75, 3.05) is 6.61 Å². The molecule has 1 heterocycles. The van der Waals surface area contributed by atoms with Gasteiger partial charge in [-0.25, -0.2) is 4.39 Å². The molecule has 1 aromatic carbocycles. The van der Waals surface area contributed by atoms with Gasteiger partial charge in [-0.3, -0.25) is 0 Å². The van der Waals surface area contributed by atoms with E-state index < -0.39 is 0 Å². The molecule has 2 atom stereocenters. The van der Waals surface area contributed by atoms with Crippen LogP contribution in [0.15, 0.2) is 18.2 Å². The molecule has 2 unspecified atom stereocenters. The minimum Gasteiger partial charge on any atom is -0.378 e. The molecule has 2 nitrogen and oxygen atoms in total. The Morgan fingerprint density at radius 1 is 1.53 bits per heavy atom. The van der Waals surface area contributed by atoms with Crippen molar-refractivity contribution in [3.63, 3.8) is 0 Å². The van der Waals surface area contributed by atoms with E-state index in [1.165, 1.54) is 6.07 Å². The van der Waals surface area contributed by atoms with Crippen molar-refractivity contribution in [3.05, 3.63) is 34.6 Å². The predicted octanol–water partition coefficient (Wildman–Crippen LogP) is 3.14. The summed E-state index contributed by atoms with van der Waals surface area (Å²) in [4.78, 5) is 0. The maximum Gasteiger partial charge on any atom is 0.141 e. The van der Waals surface area contributed by atoms with Crippen LogP contribution < -0.4 is 5.32 Å². The molecule has 4 heteroatoms. The van der Waals surface area contributed by atoms with E-state index in [2.05, 4.69) is 12.2 Å². The summed E-state index contributed by atoms with van der Waals surface area (Å²) in [5.74, 6) is -0.366. The van der Waals surface area contributed by atoms with E-state index >= 15 is 0 Å². The molecule has 1 aliphatic heterocycles. The van der Waals surface area contributed by atoms with Crippen molar-refractivity contribution in [2.45, 2.75) is 38.5 Å². The van der Waals surface area contributed by atoms with Gasteiger partial charge in [-0.15, -0.1) is 0 Å². The van der Waals surface area contributed by atoms with Gasteiger partial charge in [-0.05, 0) is 37.5 Å². The van der Waals surface area contributed by atoms with Gasteiger partial charge in [0.25, 0.3) is 0 Å². The quantitative estimate of drug-likeness (QED) is 0.898. The Labute approximate surface area is 106 Å². The van der Waals surface area contributed by atoms with Crippen LogP contribution in [0.4, 0.5) is 4.39 Å². The average Bonchev–Trinajstić information content (AvgIpc) is 2.31. The fourth-order valence-corrected chi connectivity index (χ4v) is 2.30. The molecule has 94 valence electrons. The third kappa shape index (κ3) is 3.66. The first-order valence-electron chi connectivity index (χ1n) is 5.94. The van der Waals surface area contributed by atoms with Crippen molar-refractivity contribution in [1.29, 1.82) is 0 Å². The minimum absolute atomic E-state index is 0.185. The molecule has 1 aliphatic rings. The number of hydrogen-bond acceptors (Lipinski definition) is 2. The Morgan fingerprint density at radius 3 is 3.06 bits per heavy atom. The average molecular weight is 258 g/mol. The summed E-state index contributed by atoms with van der Waals surface area (Å²) in [5.41, 5.74) is 1.01. The Bertz CT molecular complexity index is 386. The zero-order valence-electron chi connectivity index (χ0n) is 9.88. The minimum atomic E-state index is -0.366. The van der Waals surface area contributed by atoms with E-state index in [9.17, 15) is 4.39 Å². The molecule has 1 aromatic rings. The van der Waals surface area contributed by atoms with Crippen LogP contribution in [0.1, 0.15) is 25.3 Å². The van der Waals surface area contributed by atoms with E-state index in [1.54, 1.807) is 12.1 Å². The summed E-state index contributed by atoms with van der Waals surface area (Å²) in [6.45, 7) is 3.61. The largest absolute Gasteiger partial charge is 0.378 e. The van der Waals surface area contributed by atoms with Crippen LogP contribution in [0, 0.1) is 5.82 Å². The topological polar surface area (TPSA) is 21.3 Å². The molecule has 17 heavy (non-hydrogen) atoms. The van der Waals surface area contributed by atoms with Gasteiger partial charge in [0.1, 0.15) is 5.82 Å². The van der Waals surface area contributed by atoms with Crippen molar-refractivity contribution in [1.82, 2.24) is 5.32 Å². The summed E-state index contributed by atoms with van der Waals surface area (Å²) in [6, 6.07) is 5.32. The Morgan fingerprint density at radius 2 is 2.35 bits per heavy atom. The third-order valence-electron chi connectivity index (χ3n) is 3.06. The molecule has 0 bridgehead atoms. The van der Waals surface area contributed by atoms with Crippen molar-refractivity contribution < 1.29 is 9.13 Å². The van der Waals surface area contributed by atoms with Crippen LogP contribution in [0.3, 0.4) is 0 Å². The van der Waals surface area contributed by atoms with E-state index in [4.69, 9.17) is 16.3 Å². The molecule has 2 rings (SSSR count). The first-order valence-corrected chi connectivity index (χ1v) is 6.32. The first-order chi connectivity index (χ1) is 8.15. The lowest BCUT2D eigenvalue weighted by molar-refractivity contribution is 0.0130. The molecule has 0 aliphatic carbocycles. The first kappa shape index (κ1) is 12.8. The van der Waals surface area contributed by atoms with Crippen LogP contribution >= 0.6 is 11.6 Å². The van der Waals surface area contributed by atoms with Crippen molar-refractivity contribution in [3.8, 4) is 0 Å².